The highest BCUT2D eigenvalue weighted by atomic mass is 35.5. The van der Waals surface area contributed by atoms with Crippen molar-refractivity contribution in [2.24, 2.45) is 0 Å². The molecule has 3 rings (SSSR count). The van der Waals surface area contributed by atoms with Gasteiger partial charge >= 0.3 is 0 Å². The monoisotopic (exact) mass is 301 g/mol. The molecule has 0 aliphatic carbocycles. The van der Waals surface area contributed by atoms with Crippen LogP contribution in [0.1, 0.15) is 0 Å². The number of aromatic nitrogens is 3. The van der Waals surface area contributed by atoms with Crippen molar-refractivity contribution in [1.29, 1.82) is 0 Å². The fraction of sp³-hybridized carbons (Fsp3) is 0.500. The van der Waals surface area contributed by atoms with Crippen LogP contribution in [0, 0.1) is 0 Å². The smallest absolute Gasteiger partial charge is 0.282 e. The van der Waals surface area contributed by atoms with Crippen molar-refractivity contribution in [3.8, 4) is 0 Å². The van der Waals surface area contributed by atoms with Crippen LogP contribution in [0.5, 0.6) is 0 Å². The minimum absolute atomic E-state index is 0.225. The summed E-state index contributed by atoms with van der Waals surface area (Å²) in [4.78, 5) is 7.11. The Hall–Kier alpha value is -1.47. The van der Waals surface area contributed by atoms with Gasteiger partial charge in [-0.3, -0.25) is 10.00 Å². The van der Waals surface area contributed by atoms with E-state index in [0.29, 0.717) is 21.9 Å². The SMILES string of the molecule is CN(C)C1CN(c2n[nH]c3cc(Cl)ncc23)CC1(F)F. The predicted octanol–water partition coefficient (Wildman–Crippen LogP) is 2.00. The zero-order valence-electron chi connectivity index (χ0n) is 11.1. The van der Waals surface area contributed by atoms with Crippen molar-refractivity contribution < 1.29 is 8.78 Å². The molecule has 5 nitrogen and oxygen atoms in total. The molecular formula is C12H14ClF2N5. The number of rotatable bonds is 2. The molecule has 8 heteroatoms. The summed E-state index contributed by atoms with van der Waals surface area (Å²) < 4.78 is 28.0. The summed E-state index contributed by atoms with van der Waals surface area (Å²) in [5.41, 5.74) is 0.691. The Morgan fingerprint density at radius 1 is 1.50 bits per heavy atom. The highest BCUT2D eigenvalue weighted by Crippen LogP contribution is 2.35. The Bertz CT molecular complexity index is 642. The highest BCUT2D eigenvalue weighted by molar-refractivity contribution is 6.30. The average molecular weight is 302 g/mol. The van der Waals surface area contributed by atoms with Gasteiger partial charge in [-0.05, 0) is 14.1 Å². The first-order valence-electron chi connectivity index (χ1n) is 6.17. The summed E-state index contributed by atoms with van der Waals surface area (Å²) in [6.07, 6.45) is 1.55. The largest absolute Gasteiger partial charge is 0.347 e. The first kappa shape index (κ1) is 13.5. The molecule has 0 radical (unpaired) electrons. The van der Waals surface area contributed by atoms with Gasteiger partial charge in [-0.2, -0.15) is 5.10 Å². The molecule has 3 heterocycles. The number of halogens is 3. The zero-order chi connectivity index (χ0) is 14.5. The molecule has 2 aromatic rings. The third kappa shape index (κ3) is 2.10. The molecule has 1 fully saturated rings. The third-order valence-electron chi connectivity index (χ3n) is 3.60. The maximum absolute atomic E-state index is 14.0. The van der Waals surface area contributed by atoms with Crippen LogP contribution in [0.4, 0.5) is 14.6 Å². The molecule has 0 bridgehead atoms. The second-order valence-electron chi connectivity index (χ2n) is 5.22. The van der Waals surface area contributed by atoms with Gasteiger partial charge in [-0.25, -0.2) is 13.8 Å². The highest BCUT2D eigenvalue weighted by Gasteiger charge is 2.50. The van der Waals surface area contributed by atoms with Crippen LogP contribution in [-0.4, -0.2) is 59.2 Å². The van der Waals surface area contributed by atoms with Gasteiger partial charge < -0.3 is 4.90 Å². The molecule has 0 amide bonds. The first-order chi connectivity index (χ1) is 9.38. The standard InChI is InChI=1S/C12H14ClF2N5/c1-19(2)9-5-20(6-12(9,14)15)11-7-4-16-10(13)3-8(7)17-18-11/h3-4,9H,5-6H2,1-2H3,(H,17,18). The molecule has 1 aliphatic heterocycles. The van der Waals surface area contributed by atoms with Crippen LogP contribution in [-0.2, 0) is 0 Å². The van der Waals surface area contributed by atoms with Gasteiger partial charge in [0.2, 0.25) is 0 Å². The Morgan fingerprint density at radius 2 is 2.25 bits per heavy atom. The van der Waals surface area contributed by atoms with Crippen molar-refractivity contribution in [3.63, 3.8) is 0 Å². The van der Waals surface area contributed by atoms with Crippen LogP contribution < -0.4 is 4.90 Å². The Kier molecular flexibility index (Phi) is 3.06. The lowest BCUT2D eigenvalue weighted by molar-refractivity contribution is -0.0334. The van der Waals surface area contributed by atoms with E-state index >= 15 is 0 Å². The van der Waals surface area contributed by atoms with E-state index < -0.39 is 12.0 Å². The van der Waals surface area contributed by atoms with Gasteiger partial charge in [0.15, 0.2) is 5.82 Å². The number of hydrogen-bond acceptors (Lipinski definition) is 4. The van der Waals surface area contributed by atoms with Crippen LogP contribution in [0.2, 0.25) is 5.15 Å². The van der Waals surface area contributed by atoms with Gasteiger partial charge in [0.1, 0.15) is 5.15 Å². The van der Waals surface area contributed by atoms with E-state index in [1.165, 1.54) is 0 Å². The van der Waals surface area contributed by atoms with E-state index in [2.05, 4.69) is 15.2 Å². The zero-order valence-corrected chi connectivity index (χ0v) is 11.8. The molecule has 1 saturated heterocycles. The van der Waals surface area contributed by atoms with Gasteiger partial charge in [0.05, 0.1) is 23.5 Å². The molecular weight excluding hydrogens is 288 g/mol. The second-order valence-corrected chi connectivity index (χ2v) is 5.61. The molecule has 1 atom stereocenters. The molecule has 1 N–H and O–H groups in total. The lowest BCUT2D eigenvalue weighted by atomic mass is 10.2. The summed E-state index contributed by atoms with van der Waals surface area (Å²) in [6, 6.07) is 0.805. The third-order valence-corrected chi connectivity index (χ3v) is 3.81. The molecule has 0 aromatic carbocycles. The maximum atomic E-state index is 14.0. The first-order valence-corrected chi connectivity index (χ1v) is 6.55. The molecule has 1 unspecified atom stereocenters. The summed E-state index contributed by atoms with van der Waals surface area (Å²) >= 11 is 5.80. The molecule has 0 saturated carbocycles. The summed E-state index contributed by atoms with van der Waals surface area (Å²) in [6.45, 7) is -0.124. The fourth-order valence-electron chi connectivity index (χ4n) is 2.58. The quantitative estimate of drug-likeness (QED) is 0.862. The summed E-state index contributed by atoms with van der Waals surface area (Å²) in [5.74, 6) is -2.28. The molecule has 20 heavy (non-hydrogen) atoms. The van der Waals surface area contributed by atoms with Crippen LogP contribution in [0.15, 0.2) is 12.3 Å². The van der Waals surface area contributed by atoms with E-state index in [0.717, 1.165) is 0 Å². The van der Waals surface area contributed by atoms with Gasteiger partial charge in [0.25, 0.3) is 5.92 Å². The van der Waals surface area contributed by atoms with Crippen LogP contribution in [0.3, 0.4) is 0 Å². The van der Waals surface area contributed by atoms with E-state index in [9.17, 15) is 8.78 Å². The number of fused-ring (bicyclic) bond motifs is 1. The number of nitrogens with zero attached hydrogens (tertiary/aromatic N) is 4. The number of alkyl halides is 2. The molecule has 1 aliphatic rings. The number of hydrogen-bond donors (Lipinski definition) is 1. The number of likely N-dealkylation sites (N-methyl/N-ethyl adjacent to an activating group) is 1. The number of H-pyrrole nitrogens is 1. The van der Waals surface area contributed by atoms with Crippen LogP contribution >= 0.6 is 11.6 Å². The van der Waals surface area contributed by atoms with Gasteiger partial charge in [-0.15, -0.1) is 0 Å². The Balaban J connectivity index is 1.97. The topological polar surface area (TPSA) is 48.0 Å². The fourth-order valence-corrected chi connectivity index (χ4v) is 2.74. The number of nitrogens with one attached hydrogen (secondary N) is 1. The normalized spacial score (nSPS) is 22.1. The van der Waals surface area contributed by atoms with Crippen molar-refractivity contribution >= 4 is 28.3 Å². The van der Waals surface area contributed by atoms with Crippen molar-refractivity contribution in [1.82, 2.24) is 20.1 Å². The lowest BCUT2D eigenvalue weighted by Crippen LogP contribution is -2.42. The second kappa shape index (κ2) is 4.53. The van der Waals surface area contributed by atoms with Crippen molar-refractivity contribution in [3.05, 3.63) is 17.4 Å². The lowest BCUT2D eigenvalue weighted by Gasteiger charge is -2.23. The van der Waals surface area contributed by atoms with Gasteiger partial charge in [-0.1, -0.05) is 11.6 Å². The minimum Gasteiger partial charge on any atom is -0.347 e. The van der Waals surface area contributed by atoms with Crippen molar-refractivity contribution in [2.45, 2.75) is 12.0 Å². The van der Waals surface area contributed by atoms with Crippen LogP contribution in [0.25, 0.3) is 10.9 Å². The average Bonchev–Trinajstić information content (AvgIpc) is 2.88. The maximum Gasteiger partial charge on any atom is 0.282 e. The van der Waals surface area contributed by atoms with E-state index in [4.69, 9.17) is 11.6 Å². The molecule has 0 spiro atoms. The van der Waals surface area contributed by atoms with Crippen molar-refractivity contribution in [2.75, 3.05) is 32.1 Å². The molecule has 2 aromatic heterocycles. The van der Waals surface area contributed by atoms with Gasteiger partial charge in [0, 0.05) is 18.8 Å². The summed E-state index contributed by atoms with van der Waals surface area (Å²) in [7, 11) is 3.32. The van der Waals surface area contributed by atoms with E-state index in [1.54, 1.807) is 36.2 Å². The Labute approximate surface area is 119 Å². The Morgan fingerprint density at radius 3 is 2.90 bits per heavy atom. The predicted molar refractivity (Wildman–Crippen MR) is 73.5 cm³/mol. The molecule has 108 valence electrons. The van der Waals surface area contributed by atoms with E-state index in [1.807, 2.05) is 0 Å². The van der Waals surface area contributed by atoms with E-state index in [-0.39, 0.29) is 13.1 Å². The number of pyridine rings is 1. The number of aromatic amines is 1. The minimum atomic E-state index is -2.77. The number of anilines is 1. The summed E-state index contributed by atoms with van der Waals surface area (Å²) in [5, 5.41) is 7.97.